The largest absolute Gasteiger partial charge is 0.475 e. The molecule has 0 saturated heterocycles. The summed E-state index contributed by atoms with van der Waals surface area (Å²) in [6.45, 7) is 0.118. The van der Waals surface area contributed by atoms with Gasteiger partial charge in [0.05, 0.1) is 0 Å². The van der Waals surface area contributed by atoms with E-state index in [0.29, 0.717) is 5.56 Å². The maximum Gasteiger partial charge on any atom is 0.461 e. The van der Waals surface area contributed by atoms with Crippen molar-refractivity contribution < 1.29 is 35.8 Å². The molecule has 32 heavy (non-hydrogen) atoms. The molecule has 0 aliphatic carbocycles. The van der Waals surface area contributed by atoms with E-state index in [0.717, 1.165) is 23.3 Å². The van der Waals surface area contributed by atoms with Crippen LogP contribution in [0.25, 0.3) is 11.1 Å². The molecule has 3 nitrogen and oxygen atoms in total. The predicted octanol–water partition coefficient (Wildman–Crippen LogP) is 6.39. The molecule has 1 heterocycles. The van der Waals surface area contributed by atoms with Gasteiger partial charge in [-0.15, -0.1) is 0 Å². The fourth-order valence-electron chi connectivity index (χ4n) is 3.20. The van der Waals surface area contributed by atoms with Gasteiger partial charge in [0.25, 0.3) is 0 Å². The number of aliphatic imine (C=N–C) groups is 1. The van der Waals surface area contributed by atoms with Gasteiger partial charge in [-0.2, -0.15) is 17.6 Å². The Morgan fingerprint density at radius 2 is 1.44 bits per heavy atom. The molecule has 0 aromatic heterocycles. The zero-order valence-electron chi connectivity index (χ0n) is 16.2. The highest BCUT2D eigenvalue weighted by Gasteiger charge is 2.43. The van der Waals surface area contributed by atoms with Crippen LogP contribution >= 0.6 is 0 Å². The minimum atomic E-state index is -4.57. The fraction of sp³-hybridized carbons (Fsp3) is 0.174. The molecule has 9 heteroatoms. The molecule has 0 fully saturated rings. The lowest BCUT2D eigenvalue weighted by Crippen LogP contribution is -2.33. The SMILES string of the molecule is Fc1cccc(F)c1C1=NC(c2ccc(-c3ccc(OC(F)(F)C(F)F)cc3)cc2)CO1. The average Bonchev–Trinajstić information content (AvgIpc) is 3.24. The first-order chi connectivity index (χ1) is 15.2. The molecule has 1 atom stereocenters. The molecule has 4 rings (SSSR count). The number of nitrogens with zero attached hydrogens (tertiary/aromatic N) is 1. The summed E-state index contributed by atoms with van der Waals surface area (Å²) in [4.78, 5) is 4.28. The number of rotatable bonds is 6. The van der Waals surface area contributed by atoms with Gasteiger partial charge in [0.1, 0.15) is 35.6 Å². The zero-order chi connectivity index (χ0) is 22.9. The topological polar surface area (TPSA) is 30.8 Å². The summed E-state index contributed by atoms with van der Waals surface area (Å²) in [5, 5.41) is 0. The third-order valence-corrected chi connectivity index (χ3v) is 4.82. The van der Waals surface area contributed by atoms with E-state index in [1.165, 1.54) is 30.3 Å². The van der Waals surface area contributed by atoms with E-state index >= 15 is 0 Å². The van der Waals surface area contributed by atoms with Crippen molar-refractivity contribution >= 4 is 5.90 Å². The van der Waals surface area contributed by atoms with Gasteiger partial charge in [-0.3, -0.25) is 0 Å². The van der Waals surface area contributed by atoms with Gasteiger partial charge < -0.3 is 9.47 Å². The Kier molecular flexibility index (Phi) is 5.82. The van der Waals surface area contributed by atoms with Crippen LogP contribution in [0, 0.1) is 11.6 Å². The molecule has 0 bridgehead atoms. The van der Waals surface area contributed by atoms with Crippen molar-refractivity contribution in [2.45, 2.75) is 18.6 Å². The molecule has 1 unspecified atom stereocenters. The van der Waals surface area contributed by atoms with Crippen molar-refractivity contribution in [3.05, 3.63) is 89.5 Å². The van der Waals surface area contributed by atoms with Crippen molar-refractivity contribution in [2.24, 2.45) is 4.99 Å². The second-order valence-electron chi connectivity index (χ2n) is 6.97. The Bertz CT molecular complexity index is 1110. The molecule has 0 saturated carbocycles. The minimum absolute atomic E-state index is 0.106. The van der Waals surface area contributed by atoms with Crippen LogP contribution in [0.3, 0.4) is 0 Å². The number of hydrogen-bond acceptors (Lipinski definition) is 3. The maximum absolute atomic E-state index is 13.9. The number of benzene rings is 3. The summed E-state index contributed by atoms with van der Waals surface area (Å²) in [7, 11) is 0. The quantitative estimate of drug-likeness (QED) is 0.407. The molecule has 1 aliphatic rings. The Morgan fingerprint density at radius 1 is 0.875 bits per heavy atom. The lowest BCUT2D eigenvalue weighted by molar-refractivity contribution is -0.253. The summed E-state index contributed by atoms with van der Waals surface area (Å²) < 4.78 is 87.8. The molecule has 0 amide bonds. The first-order valence-corrected chi connectivity index (χ1v) is 9.45. The lowest BCUT2D eigenvalue weighted by atomic mass is 10.0. The highest BCUT2D eigenvalue weighted by Crippen LogP contribution is 2.31. The number of halogens is 6. The van der Waals surface area contributed by atoms with Crippen LogP contribution in [-0.4, -0.2) is 25.0 Å². The normalized spacial score (nSPS) is 16.1. The van der Waals surface area contributed by atoms with Gasteiger partial charge in [0.15, 0.2) is 0 Å². The second kappa shape index (κ2) is 8.57. The molecule has 166 valence electrons. The van der Waals surface area contributed by atoms with E-state index in [1.807, 2.05) is 0 Å². The number of alkyl halides is 4. The summed E-state index contributed by atoms with van der Waals surface area (Å²) in [6, 6.07) is 15.3. The molecular formula is C23H15F6NO2. The van der Waals surface area contributed by atoms with Crippen LogP contribution in [0.1, 0.15) is 17.2 Å². The van der Waals surface area contributed by atoms with E-state index in [4.69, 9.17) is 4.74 Å². The number of hydrogen-bond donors (Lipinski definition) is 0. The van der Waals surface area contributed by atoms with E-state index in [-0.39, 0.29) is 23.8 Å². The van der Waals surface area contributed by atoms with Crippen LogP contribution in [0.15, 0.2) is 71.7 Å². The monoisotopic (exact) mass is 451 g/mol. The second-order valence-corrected chi connectivity index (χ2v) is 6.97. The van der Waals surface area contributed by atoms with Crippen LogP contribution < -0.4 is 4.74 Å². The Hall–Kier alpha value is -3.49. The molecule has 3 aromatic rings. The van der Waals surface area contributed by atoms with Crippen molar-refractivity contribution in [3.8, 4) is 16.9 Å². The van der Waals surface area contributed by atoms with Gasteiger partial charge >= 0.3 is 12.5 Å². The van der Waals surface area contributed by atoms with Gasteiger partial charge in [0, 0.05) is 0 Å². The Morgan fingerprint density at radius 3 is 2.00 bits per heavy atom. The molecular weight excluding hydrogens is 436 g/mol. The minimum Gasteiger partial charge on any atom is -0.475 e. The van der Waals surface area contributed by atoms with E-state index in [9.17, 15) is 26.3 Å². The summed E-state index contributed by atoms with van der Waals surface area (Å²) in [5.74, 6) is -2.02. The van der Waals surface area contributed by atoms with Gasteiger partial charge in [0.2, 0.25) is 5.90 Å². The zero-order valence-corrected chi connectivity index (χ0v) is 16.2. The van der Waals surface area contributed by atoms with Crippen LogP contribution in [-0.2, 0) is 4.74 Å². The van der Waals surface area contributed by atoms with Crippen molar-refractivity contribution in [2.75, 3.05) is 6.61 Å². The standard InChI is InChI=1S/C23H15F6NO2/c24-17-2-1-3-18(25)20(17)21-30-19(12-31-21)15-6-4-13(5-7-15)14-8-10-16(11-9-14)32-23(28,29)22(26)27/h1-11,19,22H,12H2. The molecule has 1 aliphatic heterocycles. The number of ether oxygens (including phenoxy) is 2. The van der Waals surface area contributed by atoms with Crippen LogP contribution in [0.2, 0.25) is 0 Å². The van der Waals surface area contributed by atoms with Crippen LogP contribution in [0.4, 0.5) is 26.3 Å². The first-order valence-electron chi connectivity index (χ1n) is 9.45. The molecule has 0 radical (unpaired) electrons. The van der Waals surface area contributed by atoms with E-state index < -0.39 is 30.2 Å². The maximum atomic E-state index is 13.9. The van der Waals surface area contributed by atoms with Gasteiger partial charge in [-0.05, 0) is 41.0 Å². The van der Waals surface area contributed by atoms with E-state index in [2.05, 4.69) is 9.73 Å². The van der Waals surface area contributed by atoms with E-state index in [1.54, 1.807) is 24.3 Å². The summed E-state index contributed by atoms with van der Waals surface area (Å²) in [5.41, 5.74) is 1.80. The average molecular weight is 451 g/mol. The summed E-state index contributed by atoms with van der Waals surface area (Å²) in [6.07, 6.45) is -8.51. The highest BCUT2D eigenvalue weighted by atomic mass is 19.3. The van der Waals surface area contributed by atoms with Crippen molar-refractivity contribution in [1.82, 2.24) is 0 Å². The molecule has 0 N–H and O–H groups in total. The van der Waals surface area contributed by atoms with Crippen LogP contribution in [0.5, 0.6) is 5.75 Å². The summed E-state index contributed by atoms with van der Waals surface area (Å²) >= 11 is 0. The van der Waals surface area contributed by atoms with Crippen molar-refractivity contribution in [3.63, 3.8) is 0 Å². The predicted molar refractivity (Wildman–Crippen MR) is 105 cm³/mol. The molecule has 3 aromatic carbocycles. The lowest BCUT2D eigenvalue weighted by Gasteiger charge is -2.17. The fourth-order valence-corrected chi connectivity index (χ4v) is 3.20. The third-order valence-electron chi connectivity index (χ3n) is 4.82. The highest BCUT2D eigenvalue weighted by molar-refractivity contribution is 5.95. The third kappa shape index (κ3) is 4.42. The van der Waals surface area contributed by atoms with Gasteiger partial charge in [-0.25, -0.2) is 13.8 Å². The smallest absolute Gasteiger partial charge is 0.461 e. The Labute approximate surface area is 178 Å². The Balaban J connectivity index is 1.49. The molecule has 0 spiro atoms. The van der Waals surface area contributed by atoms with Gasteiger partial charge in [-0.1, -0.05) is 42.5 Å². The van der Waals surface area contributed by atoms with Crippen molar-refractivity contribution in [1.29, 1.82) is 0 Å². The first kappa shape index (κ1) is 21.7.